The number of nitrogens with two attached hydrogens (primary N) is 1. The van der Waals surface area contributed by atoms with Crippen LogP contribution in [0.15, 0.2) is 22.7 Å². The molecule has 0 aromatic heterocycles. The van der Waals surface area contributed by atoms with E-state index in [9.17, 15) is 17.6 Å². The van der Waals surface area contributed by atoms with Crippen molar-refractivity contribution in [3.63, 3.8) is 0 Å². The molecule has 18 heavy (non-hydrogen) atoms. The van der Waals surface area contributed by atoms with E-state index in [0.29, 0.717) is 10.0 Å². The van der Waals surface area contributed by atoms with Gasteiger partial charge in [-0.1, -0.05) is 15.9 Å². The summed E-state index contributed by atoms with van der Waals surface area (Å²) < 4.78 is 54.9. The average Bonchev–Trinajstić information content (AvgIpc) is 2.27. The summed E-state index contributed by atoms with van der Waals surface area (Å²) >= 11 is 3.20. The topological polar surface area (TPSA) is 35.2 Å². The van der Waals surface area contributed by atoms with Gasteiger partial charge in [0.2, 0.25) is 0 Å². The molecule has 0 spiro atoms. The number of benzene rings is 1. The van der Waals surface area contributed by atoms with Gasteiger partial charge in [-0.2, -0.15) is 8.78 Å². The highest BCUT2D eigenvalue weighted by Gasteiger charge is 2.41. The molecule has 0 aliphatic rings. The summed E-state index contributed by atoms with van der Waals surface area (Å²) in [5.74, 6) is -4.10. The number of rotatable bonds is 5. The summed E-state index contributed by atoms with van der Waals surface area (Å²) in [6, 6.07) is 4.10. The lowest BCUT2D eigenvalue weighted by Gasteiger charge is -2.19. The van der Waals surface area contributed by atoms with Crippen molar-refractivity contribution in [1.82, 2.24) is 0 Å². The minimum Gasteiger partial charge on any atom is -0.487 e. The molecule has 1 aromatic rings. The highest BCUT2D eigenvalue weighted by molar-refractivity contribution is 9.10. The lowest BCUT2D eigenvalue weighted by atomic mass is 10.1. The Labute approximate surface area is 110 Å². The van der Waals surface area contributed by atoms with Crippen molar-refractivity contribution in [2.24, 2.45) is 5.73 Å². The minimum absolute atomic E-state index is 0.0773. The Morgan fingerprint density at radius 2 is 2.00 bits per heavy atom. The number of hydrogen-bond acceptors (Lipinski definition) is 2. The highest BCUT2D eigenvalue weighted by Crippen LogP contribution is 2.30. The Morgan fingerprint density at radius 3 is 2.50 bits per heavy atom. The van der Waals surface area contributed by atoms with Gasteiger partial charge in [-0.05, 0) is 25.1 Å². The van der Waals surface area contributed by atoms with Crippen LogP contribution in [0.2, 0.25) is 0 Å². The largest absolute Gasteiger partial charge is 0.487 e. The summed E-state index contributed by atoms with van der Waals surface area (Å²) in [4.78, 5) is 0. The first kappa shape index (κ1) is 15.2. The van der Waals surface area contributed by atoms with E-state index in [1.807, 2.05) is 0 Å². The fourth-order valence-corrected chi connectivity index (χ4v) is 1.62. The second-order valence-corrected chi connectivity index (χ2v) is 4.74. The lowest BCUT2D eigenvalue weighted by Crippen LogP contribution is -2.34. The van der Waals surface area contributed by atoms with Gasteiger partial charge in [-0.3, -0.25) is 0 Å². The Balaban J connectivity index is 2.85. The van der Waals surface area contributed by atoms with E-state index in [4.69, 9.17) is 10.5 Å². The highest BCUT2D eigenvalue weighted by atomic mass is 79.9. The van der Waals surface area contributed by atoms with Crippen molar-refractivity contribution in [2.45, 2.75) is 25.3 Å². The predicted molar refractivity (Wildman–Crippen MR) is 63.2 cm³/mol. The molecule has 2 N–H and O–H groups in total. The molecule has 1 aromatic carbocycles. The molecular formula is C11H12BrF4NO. The molecule has 0 saturated heterocycles. The summed E-state index contributed by atoms with van der Waals surface area (Å²) in [6.45, 7) is 0.256. The number of halogens is 5. The first-order chi connectivity index (χ1) is 8.24. The maximum absolute atomic E-state index is 12.7. The zero-order valence-electron chi connectivity index (χ0n) is 9.47. The molecule has 0 radical (unpaired) electrons. The third-order valence-corrected chi connectivity index (χ3v) is 2.70. The Morgan fingerprint density at radius 1 is 1.39 bits per heavy atom. The number of alkyl halides is 4. The zero-order valence-corrected chi connectivity index (χ0v) is 11.1. The molecule has 1 unspecified atom stereocenters. The number of hydrogen-bond donors (Lipinski definition) is 1. The van der Waals surface area contributed by atoms with Gasteiger partial charge < -0.3 is 10.5 Å². The molecule has 1 atom stereocenters. The Hall–Kier alpha value is -0.820. The van der Waals surface area contributed by atoms with Crippen LogP contribution in [-0.2, 0) is 0 Å². The van der Waals surface area contributed by atoms with Crippen molar-refractivity contribution in [3.8, 4) is 5.75 Å². The molecule has 2 nitrogen and oxygen atoms in total. The van der Waals surface area contributed by atoms with E-state index in [1.54, 1.807) is 19.1 Å². The Kier molecular flexibility index (Phi) is 4.98. The van der Waals surface area contributed by atoms with E-state index in [-0.39, 0.29) is 5.75 Å². The Bertz CT molecular complexity index is 412. The van der Waals surface area contributed by atoms with Crippen LogP contribution in [0.1, 0.15) is 18.5 Å². The minimum atomic E-state index is -4.18. The van der Waals surface area contributed by atoms with Crippen molar-refractivity contribution >= 4 is 15.9 Å². The molecule has 0 bridgehead atoms. The van der Waals surface area contributed by atoms with Crippen LogP contribution in [0, 0.1) is 0 Å². The van der Waals surface area contributed by atoms with Gasteiger partial charge in [0.05, 0.1) is 0 Å². The first-order valence-electron chi connectivity index (χ1n) is 5.08. The fourth-order valence-electron chi connectivity index (χ4n) is 1.24. The van der Waals surface area contributed by atoms with Crippen LogP contribution in [0.5, 0.6) is 5.75 Å². The standard InChI is InChI=1S/C11H12BrF4NO/c1-6(17)8-4-7(12)2-3-9(8)18-5-11(15,16)10(13)14/h2-4,6,10H,5,17H2,1H3. The normalized spacial score (nSPS) is 13.8. The van der Waals surface area contributed by atoms with Gasteiger partial charge in [0.25, 0.3) is 0 Å². The summed E-state index contributed by atoms with van der Waals surface area (Å²) in [6.07, 6.45) is -3.76. The smallest absolute Gasteiger partial charge is 0.340 e. The lowest BCUT2D eigenvalue weighted by molar-refractivity contribution is -0.148. The van der Waals surface area contributed by atoms with Crippen LogP contribution in [-0.4, -0.2) is 19.0 Å². The van der Waals surface area contributed by atoms with Gasteiger partial charge in [-0.25, -0.2) is 8.78 Å². The number of ether oxygens (including phenoxy) is 1. The molecule has 7 heteroatoms. The second-order valence-electron chi connectivity index (χ2n) is 3.82. The van der Waals surface area contributed by atoms with E-state index < -0.39 is 25.0 Å². The van der Waals surface area contributed by atoms with Crippen LogP contribution >= 0.6 is 15.9 Å². The third kappa shape index (κ3) is 3.84. The quantitative estimate of drug-likeness (QED) is 0.835. The monoisotopic (exact) mass is 329 g/mol. The van der Waals surface area contributed by atoms with E-state index >= 15 is 0 Å². The summed E-state index contributed by atoms with van der Waals surface area (Å²) in [5, 5.41) is 0. The average molecular weight is 330 g/mol. The van der Waals surface area contributed by atoms with Crippen LogP contribution < -0.4 is 10.5 Å². The molecule has 1 rings (SSSR count). The van der Waals surface area contributed by atoms with Gasteiger partial charge in [-0.15, -0.1) is 0 Å². The van der Waals surface area contributed by atoms with Gasteiger partial charge >= 0.3 is 12.3 Å². The van der Waals surface area contributed by atoms with Crippen molar-refractivity contribution in [1.29, 1.82) is 0 Å². The third-order valence-electron chi connectivity index (χ3n) is 2.20. The molecule has 0 aliphatic heterocycles. The second kappa shape index (κ2) is 5.88. The van der Waals surface area contributed by atoms with E-state index in [2.05, 4.69) is 15.9 Å². The van der Waals surface area contributed by atoms with Crippen molar-refractivity contribution < 1.29 is 22.3 Å². The molecule has 0 amide bonds. The van der Waals surface area contributed by atoms with Crippen molar-refractivity contribution in [3.05, 3.63) is 28.2 Å². The molecule has 0 fully saturated rings. The molecule has 102 valence electrons. The first-order valence-corrected chi connectivity index (χ1v) is 5.87. The summed E-state index contributed by atoms with van der Waals surface area (Å²) in [7, 11) is 0. The van der Waals surface area contributed by atoms with Gasteiger partial charge in [0.15, 0.2) is 6.61 Å². The van der Waals surface area contributed by atoms with Crippen molar-refractivity contribution in [2.75, 3.05) is 6.61 Å². The van der Waals surface area contributed by atoms with Gasteiger partial charge in [0.1, 0.15) is 5.75 Å². The molecular weight excluding hydrogens is 318 g/mol. The maximum atomic E-state index is 12.7. The predicted octanol–water partition coefficient (Wildman–Crippen LogP) is 3.75. The fraction of sp³-hybridized carbons (Fsp3) is 0.455. The van der Waals surface area contributed by atoms with Crippen LogP contribution in [0.3, 0.4) is 0 Å². The zero-order chi connectivity index (χ0) is 13.9. The molecule has 0 aliphatic carbocycles. The SMILES string of the molecule is CC(N)c1cc(Br)ccc1OCC(F)(F)C(F)F. The van der Waals surface area contributed by atoms with Gasteiger partial charge in [0, 0.05) is 16.1 Å². The van der Waals surface area contributed by atoms with Crippen LogP contribution in [0.25, 0.3) is 0 Å². The van der Waals surface area contributed by atoms with E-state index in [1.165, 1.54) is 6.07 Å². The summed E-state index contributed by atoms with van der Waals surface area (Å²) in [5.41, 5.74) is 6.11. The van der Waals surface area contributed by atoms with E-state index in [0.717, 1.165) is 0 Å². The van der Waals surface area contributed by atoms with Crippen LogP contribution in [0.4, 0.5) is 17.6 Å². The molecule has 0 saturated carbocycles. The maximum Gasteiger partial charge on any atom is 0.340 e. The molecule has 0 heterocycles.